The highest BCUT2D eigenvalue weighted by atomic mass is 32.2. The van der Waals surface area contributed by atoms with Crippen LogP contribution in [-0.4, -0.2) is 15.5 Å². The molecule has 0 fully saturated rings. The Morgan fingerprint density at radius 1 is 1.64 bits per heavy atom. The third kappa shape index (κ3) is 1.96. The van der Waals surface area contributed by atoms with E-state index in [0.29, 0.717) is 4.21 Å². The maximum atomic E-state index is 11.0. The van der Waals surface area contributed by atoms with Crippen molar-refractivity contribution in [2.45, 2.75) is 9.10 Å². The Kier molecular flexibility index (Phi) is 2.58. The molecule has 0 aromatic carbocycles. The van der Waals surface area contributed by atoms with Gasteiger partial charge < -0.3 is 0 Å². The molecular formula is C5H6O3S3. The van der Waals surface area contributed by atoms with Crippen LogP contribution in [0.2, 0.25) is 0 Å². The molecule has 0 saturated carbocycles. The molecule has 0 bridgehead atoms. The van der Waals surface area contributed by atoms with Crippen molar-refractivity contribution in [1.29, 1.82) is 0 Å². The van der Waals surface area contributed by atoms with Gasteiger partial charge in [0.05, 0.1) is 11.3 Å². The van der Waals surface area contributed by atoms with Crippen LogP contribution in [-0.2, 0) is 14.3 Å². The second-order valence-electron chi connectivity index (χ2n) is 1.74. The molecule has 0 aliphatic rings. The Morgan fingerprint density at radius 2 is 2.27 bits per heavy atom. The van der Waals surface area contributed by atoms with Crippen molar-refractivity contribution in [3.05, 3.63) is 11.4 Å². The van der Waals surface area contributed by atoms with Crippen LogP contribution in [0, 0.1) is 0 Å². The maximum absolute atomic E-state index is 11.0. The van der Waals surface area contributed by atoms with E-state index in [4.69, 9.17) is 0 Å². The van der Waals surface area contributed by atoms with Crippen LogP contribution in [0.25, 0.3) is 0 Å². The van der Waals surface area contributed by atoms with Gasteiger partial charge in [0.2, 0.25) is 0 Å². The van der Waals surface area contributed by atoms with E-state index in [0.717, 1.165) is 7.11 Å². The molecule has 0 unspecified atom stereocenters. The quantitative estimate of drug-likeness (QED) is 0.592. The minimum atomic E-state index is -3.52. The molecule has 6 heteroatoms. The zero-order valence-electron chi connectivity index (χ0n) is 5.64. The summed E-state index contributed by atoms with van der Waals surface area (Å²) < 4.78 is 26.9. The summed E-state index contributed by atoms with van der Waals surface area (Å²) in [6, 6.07) is 1.45. The molecule has 62 valence electrons. The van der Waals surface area contributed by atoms with E-state index in [2.05, 4.69) is 16.8 Å². The fourth-order valence-corrected chi connectivity index (χ4v) is 2.56. The lowest BCUT2D eigenvalue weighted by Crippen LogP contribution is -2.00. The average molecular weight is 210 g/mol. The van der Waals surface area contributed by atoms with Crippen molar-refractivity contribution in [3.63, 3.8) is 0 Å². The molecule has 0 N–H and O–H groups in total. The molecule has 11 heavy (non-hydrogen) atoms. The van der Waals surface area contributed by atoms with Crippen molar-refractivity contribution < 1.29 is 12.6 Å². The van der Waals surface area contributed by atoms with Crippen LogP contribution in [0.1, 0.15) is 0 Å². The summed E-state index contributed by atoms with van der Waals surface area (Å²) in [5.41, 5.74) is 0. The fourth-order valence-electron chi connectivity index (χ4n) is 0.536. The molecule has 1 aromatic heterocycles. The van der Waals surface area contributed by atoms with E-state index in [1.807, 2.05) is 0 Å². The predicted octanol–water partition coefficient (Wildman–Crippen LogP) is 1.37. The SMILES string of the molecule is COS(=O)(=O)c1csc(S)c1. The van der Waals surface area contributed by atoms with Gasteiger partial charge >= 0.3 is 0 Å². The average Bonchev–Trinajstić information content (AvgIpc) is 2.36. The Balaban J connectivity index is 3.13. The van der Waals surface area contributed by atoms with Gasteiger partial charge in [0.25, 0.3) is 10.1 Å². The smallest absolute Gasteiger partial charge is 0.270 e. The Hall–Kier alpha value is -0.0400. The van der Waals surface area contributed by atoms with Crippen LogP contribution in [0.4, 0.5) is 0 Å². The first-order valence-corrected chi connectivity index (χ1v) is 5.38. The molecule has 0 amide bonds. The lowest BCUT2D eigenvalue weighted by Gasteiger charge is -1.94. The minimum Gasteiger partial charge on any atom is -0.270 e. The summed E-state index contributed by atoms with van der Waals surface area (Å²) >= 11 is 5.23. The van der Waals surface area contributed by atoms with Crippen molar-refractivity contribution in [2.24, 2.45) is 0 Å². The third-order valence-electron chi connectivity index (χ3n) is 1.07. The van der Waals surface area contributed by atoms with Gasteiger partial charge in [-0.2, -0.15) is 8.42 Å². The van der Waals surface area contributed by atoms with Crippen molar-refractivity contribution >= 4 is 34.1 Å². The van der Waals surface area contributed by atoms with Crippen LogP contribution in [0.15, 0.2) is 20.6 Å². The van der Waals surface area contributed by atoms with E-state index < -0.39 is 10.1 Å². The Morgan fingerprint density at radius 3 is 2.64 bits per heavy atom. The minimum absolute atomic E-state index is 0.162. The van der Waals surface area contributed by atoms with E-state index >= 15 is 0 Å². The van der Waals surface area contributed by atoms with Gasteiger partial charge in [-0.15, -0.1) is 24.0 Å². The predicted molar refractivity (Wildman–Crippen MR) is 45.8 cm³/mol. The molecule has 1 aromatic rings. The molecule has 0 aliphatic heterocycles. The number of hydrogen-bond acceptors (Lipinski definition) is 5. The molecule has 3 nitrogen and oxygen atoms in total. The number of thiol groups is 1. The second-order valence-corrected chi connectivity index (χ2v) is 5.15. The summed E-state index contributed by atoms with van der Waals surface area (Å²) in [6.45, 7) is 0. The monoisotopic (exact) mass is 210 g/mol. The molecule has 0 spiro atoms. The van der Waals surface area contributed by atoms with Crippen LogP contribution in [0.5, 0.6) is 0 Å². The van der Waals surface area contributed by atoms with Gasteiger partial charge in [0, 0.05) is 5.38 Å². The van der Waals surface area contributed by atoms with Gasteiger partial charge in [-0.25, -0.2) is 0 Å². The van der Waals surface area contributed by atoms with Crippen LogP contribution < -0.4 is 0 Å². The molecule has 1 rings (SSSR count). The second kappa shape index (κ2) is 3.14. The first-order chi connectivity index (χ1) is 5.06. The van der Waals surface area contributed by atoms with Gasteiger partial charge in [0.15, 0.2) is 0 Å². The number of hydrogen-bond donors (Lipinski definition) is 1. The highest BCUT2D eigenvalue weighted by Gasteiger charge is 2.13. The highest BCUT2D eigenvalue weighted by Crippen LogP contribution is 2.22. The summed E-state index contributed by atoms with van der Waals surface area (Å²) in [5, 5.41) is 1.49. The Bertz CT molecular complexity index is 338. The van der Waals surface area contributed by atoms with Crippen molar-refractivity contribution in [1.82, 2.24) is 0 Å². The van der Waals surface area contributed by atoms with Crippen molar-refractivity contribution in [2.75, 3.05) is 7.11 Å². The van der Waals surface area contributed by atoms with E-state index in [9.17, 15) is 8.42 Å². The molecule has 0 aliphatic carbocycles. The van der Waals surface area contributed by atoms with Gasteiger partial charge in [-0.1, -0.05) is 0 Å². The van der Waals surface area contributed by atoms with Crippen LogP contribution >= 0.6 is 24.0 Å². The highest BCUT2D eigenvalue weighted by molar-refractivity contribution is 7.87. The number of rotatable bonds is 2. The molecule has 1 heterocycles. The largest absolute Gasteiger partial charge is 0.297 e. The topological polar surface area (TPSA) is 43.4 Å². The van der Waals surface area contributed by atoms with Crippen LogP contribution in [0.3, 0.4) is 0 Å². The van der Waals surface area contributed by atoms with Crippen molar-refractivity contribution in [3.8, 4) is 0 Å². The normalized spacial score (nSPS) is 11.8. The van der Waals surface area contributed by atoms with Gasteiger partial charge in [-0.05, 0) is 6.07 Å². The van der Waals surface area contributed by atoms with E-state index in [-0.39, 0.29) is 4.90 Å². The van der Waals surface area contributed by atoms with Gasteiger partial charge in [0.1, 0.15) is 4.90 Å². The number of thiophene rings is 1. The third-order valence-corrected chi connectivity index (χ3v) is 3.65. The first kappa shape index (κ1) is 9.05. The lowest BCUT2D eigenvalue weighted by molar-refractivity contribution is 0.398. The zero-order chi connectivity index (χ0) is 8.48. The van der Waals surface area contributed by atoms with E-state index in [1.165, 1.54) is 22.8 Å². The Labute approximate surface area is 74.5 Å². The van der Waals surface area contributed by atoms with Gasteiger partial charge in [-0.3, -0.25) is 4.18 Å². The molecule has 0 atom stereocenters. The summed E-state index contributed by atoms with van der Waals surface area (Å²) in [7, 11) is -2.39. The zero-order valence-corrected chi connectivity index (χ0v) is 8.17. The molecular weight excluding hydrogens is 204 g/mol. The molecule has 0 saturated heterocycles. The maximum Gasteiger partial charge on any atom is 0.297 e. The summed E-state index contributed by atoms with van der Waals surface area (Å²) in [4.78, 5) is 0.162. The summed E-state index contributed by atoms with van der Waals surface area (Å²) in [6.07, 6.45) is 0. The summed E-state index contributed by atoms with van der Waals surface area (Å²) in [5.74, 6) is 0. The standard InChI is InChI=1S/C5H6O3S3/c1-8-11(6,7)4-2-5(9)10-3-4/h2-3,9H,1H3. The van der Waals surface area contributed by atoms with E-state index in [1.54, 1.807) is 0 Å². The fraction of sp³-hybridized carbons (Fsp3) is 0.200. The first-order valence-electron chi connectivity index (χ1n) is 2.64. The lowest BCUT2D eigenvalue weighted by atomic mass is 10.7. The molecule has 0 radical (unpaired) electrons.